The number of alkyl halides is 1. The fourth-order valence-corrected chi connectivity index (χ4v) is 2.83. The Hall–Kier alpha value is -1.74. The van der Waals surface area contributed by atoms with Crippen molar-refractivity contribution in [1.82, 2.24) is 9.47 Å². The second-order valence-electron chi connectivity index (χ2n) is 5.93. The predicted molar refractivity (Wildman–Crippen MR) is 88.9 cm³/mol. The number of hydrogen-bond donors (Lipinski definition) is 0. The second kappa shape index (κ2) is 6.57. The minimum absolute atomic E-state index is 0.0385. The van der Waals surface area contributed by atoms with Crippen molar-refractivity contribution in [3.8, 4) is 0 Å². The molecule has 1 saturated carbocycles. The maximum absolute atomic E-state index is 12.3. The van der Waals surface area contributed by atoms with Crippen LogP contribution in [0.25, 0.3) is 0 Å². The molecule has 0 saturated heterocycles. The summed E-state index contributed by atoms with van der Waals surface area (Å²) < 4.78 is 2.21. The Bertz CT molecular complexity index is 632. The van der Waals surface area contributed by atoms with E-state index in [1.807, 2.05) is 29.2 Å². The summed E-state index contributed by atoms with van der Waals surface area (Å²) in [5.41, 5.74) is 2.41. The van der Waals surface area contributed by atoms with Crippen LogP contribution in [0.4, 0.5) is 0 Å². The van der Waals surface area contributed by atoms with Crippen LogP contribution in [0.1, 0.15) is 31.0 Å². The number of carbonyl (C=O) groups excluding carboxylic acids is 1. The van der Waals surface area contributed by atoms with Crippen molar-refractivity contribution in [3.63, 3.8) is 0 Å². The zero-order chi connectivity index (χ0) is 15.5. The van der Waals surface area contributed by atoms with E-state index in [1.165, 1.54) is 5.56 Å². The first-order valence-corrected chi connectivity index (χ1v) is 8.21. The third-order valence-corrected chi connectivity index (χ3v) is 4.25. The lowest BCUT2D eigenvalue weighted by Gasteiger charge is -2.24. The zero-order valence-corrected chi connectivity index (χ0v) is 13.5. The molecule has 1 aromatic heterocycles. The van der Waals surface area contributed by atoms with Gasteiger partial charge in [-0.05, 0) is 37.5 Å². The molecule has 0 aliphatic heterocycles. The van der Waals surface area contributed by atoms with Crippen LogP contribution in [0.5, 0.6) is 0 Å². The van der Waals surface area contributed by atoms with Gasteiger partial charge in [0.05, 0.1) is 6.54 Å². The summed E-state index contributed by atoms with van der Waals surface area (Å²) in [5.74, 6) is 0.0385. The number of rotatable bonds is 6. The van der Waals surface area contributed by atoms with E-state index in [0.29, 0.717) is 12.6 Å². The van der Waals surface area contributed by atoms with Crippen LogP contribution >= 0.6 is 11.6 Å². The van der Waals surface area contributed by atoms with Gasteiger partial charge in [0.25, 0.3) is 0 Å². The fraction of sp³-hybridized carbons (Fsp3) is 0.389. The van der Waals surface area contributed by atoms with E-state index >= 15 is 0 Å². The molecule has 1 aliphatic carbocycles. The molecule has 0 bridgehead atoms. The normalized spacial score (nSPS) is 15.5. The molecule has 22 heavy (non-hydrogen) atoms. The maximum Gasteiger partial charge on any atom is 0.240 e. The van der Waals surface area contributed by atoms with E-state index in [9.17, 15) is 4.79 Å². The van der Waals surface area contributed by atoms with Crippen molar-refractivity contribution < 1.29 is 4.79 Å². The van der Waals surface area contributed by atoms with Crippen LogP contribution < -0.4 is 0 Å². The summed E-state index contributed by atoms with van der Waals surface area (Å²) in [6.45, 7) is 3.22. The van der Waals surface area contributed by atoms with Gasteiger partial charge in [0.2, 0.25) is 5.91 Å². The molecule has 2 aromatic rings. The molecule has 3 rings (SSSR count). The van der Waals surface area contributed by atoms with Crippen molar-refractivity contribution in [2.45, 2.75) is 44.3 Å². The number of amides is 1. The Morgan fingerprint density at radius 1 is 1.27 bits per heavy atom. The van der Waals surface area contributed by atoms with Crippen LogP contribution in [0.2, 0.25) is 0 Å². The van der Waals surface area contributed by atoms with E-state index in [0.717, 1.165) is 25.1 Å². The molecule has 1 atom stereocenters. The first-order valence-electron chi connectivity index (χ1n) is 7.77. The average molecular weight is 317 g/mol. The van der Waals surface area contributed by atoms with E-state index in [2.05, 4.69) is 29.0 Å². The molecular formula is C18H21ClN2O. The van der Waals surface area contributed by atoms with Crippen LogP contribution in [-0.4, -0.2) is 26.8 Å². The average Bonchev–Trinajstić information content (AvgIpc) is 3.27. The quantitative estimate of drug-likeness (QED) is 0.747. The van der Waals surface area contributed by atoms with Crippen LogP contribution in [-0.2, 0) is 17.9 Å². The number of hydrogen-bond acceptors (Lipinski definition) is 1. The van der Waals surface area contributed by atoms with Crippen molar-refractivity contribution >= 4 is 17.5 Å². The van der Waals surface area contributed by atoms with Gasteiger partial charge in [0.15, 0.2) is 0 Å². The molecule has 1 aliphatic rings. The topological polar surface area (TPSA) is 25.2 Å². The molecule has 1 aromatic carbocycles. The lowest BCUT2D eigenvalue weighted by atomic mass is 10.2. The highest BCUT2D eigenvalue weighted by molar-refractivity contribution is 6.30. The molecule has 116 valence electrons. The molecule has 3 nitrogen and oxygen atoms in total. The van der Waals surface area contributed by atoms with E-state index in [4.69, 9.17) is 11.6 Å². The van der Waals surface area contributed by atoms with Gasteiger partial charge in [-0.1, -0.05) is 30.3 Å². The second-order valence-corrected chi connectivity index (χ2v) is 6.58. The summed E-state index contributed by atoms with van der Waals surface area (Å²) in [7, 11) is 0. The third kappa shape index (κ3) is 3.53. The summed E-state index contributed by atoms with van der Waals surface area (Å²) in [6.07, 6.45) is 4.26. The molecule has 1 fully saturated rings. The summed E-state index contributed by atoms with van der Waals surface area (Å²) >= 11 is 6.01. The van der Waals surface area contributed by atoms with Gasteiger partial charge in [-0.3, -0.25) is 4.79 Å². The minimum atomic E-state index is -0.460. The number of aromatic nitrogens is 1. The van der Waals surface area contributed by atoms with Crippen molar-refractivity contribution in [2.24, 2.45) is 0 Å². The number of nitrogens with zero attached hydrogens (tertiary/aromatic N) is 2. The van der Waals surface area contributed by atoms with Crippen molar-refractivity contribution in [1.29, 1.82) is 0 Å². The number of benzene rings is 1. The molecule has 0 spiro atoms. The SMILES string of the molecule is CC(Cl)C(=O)N(Cc1cccn1Cc1ccccc1)C1CC1. The van der Waals surface area contributed by atoms with E-state index in [-0.39, 0.29) is 5.91 Å². The van der Waals surface area contributed by atoms with Crippen LogP contribution in [0, 0.1) is 0 Å². The van der Waals surface area contributed by atoms with Gasteiger partial charge in [0, 0.05) is 24.5 Å². The van der Waals surface area contributed by atoms with Gasteiger partial charge in [0.1, 0.15) is 5.38 Å². The maximum atomic E-state index is 12.3. The first-order chi connectivity index (χ1) is 10.6. The zero-order valence-electron chi connectivity index (χ0n) is 12.8. The summed E-state index contributed by atoms with van der Waals surface area (Å²) in [6, 6.07) is 14.9. The van der Waals surface area contributed by atoms with Gasteiger partial charge in [-0.2, -0.15) is 0 Å². The Balaban J connectivity index is 1.75. The summed E-state index contributed by atoms with van der Waals surface area (Å²) in [5, 5.41) is -0.460. The molecular weight excluding hydrogens is 296 g/mol. The molecule has 1 heterocycles. The smallest absolute Gasteiger partial charge is 0.240 e. The van der Waals surface area contributed by atoms with E-state index in [1.54, 1.807) is 6.92 Å². The van der Waals surface area contributed by atoms with E-state index < -0.39 is 5.38 Å². The van der Waals surface area contributed by atoms with Gasteiger partial charge in [-0.25, -0.2) is 0 Å². The lowest BCUT2D eigenvalue weighted by Crippen LogP contribution is -2.37. The summed E-state index contributed by atoms with van der Waals surface area (Å²) in [4.78, 5) is 14.2. The van der Waals surface area contributed by atoms with Gasteiger partial charge < -0.3 is 9.47 Å². The van der Waals surface area contributed by atoms with Crippen molar-refractivity contribution in [3.05, 3.63) is 59.9 Å². The number of halogens is 1. The first kappa shape index (κ1) is 15.2. The number of carbonyl (C=O) groups is 1. The molecule has 0 N–H and O–H groups in total. The highest BCUT2D eigenvalue weighted by atomic mass is 35.5. The third-order valence-electron chi connectivity index (χ3n) is 4.06. The fourth-order valence-electron chi connectivity index (χ4n) is 2.70. The van der Waals surface area contributed by atoms with Crippen LogP contribution in [0.3, 0.4) is 0 Å². The Labute approximate surface area is 136 Å². The lowest BCUT2D eigenvalue weighted by molar-refractivity contribution is -0.131. The molecule has 0 radical (unpaired) electrons. The van der Waals surface area contributed by atoms with Crippen molar-refractivity contribution in [2.75, 3.05) is 0 Å². The standard InChI is InChI=1S/C18H21ClN2O/c1-14(19)18(22)21(16-9-10-16)13-17-8-5-11-20(17)12-15-6-3-2-4-7-15/h2-8,11,14,16H,9-10,12-13H2,1H3. The highest BCUT2D eigenvalue weighted by Gasteiger charge is 2.34. The molecule has 1 amide bonds. The molecule has 4 heteroatoms. The van der Waals surface area contributed by atoms with Gasteiger partial charge in [-0.15, -0.1) is 11.6 Å². The minimum Gasteiger partial charge on any atom is -0.345 e. The van der Waals surface area contributed by atoms with Crippen LogP contribution in [0.15, 0.2) is 48.7 Å². The van der Waals surface area contributed by atoms with Gasteiger partial charge >= 0.3 is 0 Å². The molecule has 1 unspecified atom stereocenters. The largest absolute Gasteiger partial charge is 0.345 e. The Morgan fingerprint density at radius 3 is 2.64 bits per heavy atom. The Morgan fingerprint density at radius 2 is 2.00 bits per heavy atom. The predicted octanol–water partition coefficient (Wildman–Crippen LogP) is 3.65. The highest BCUT2D eigenvalue weighted by Crippen LogP contribution is 2.29. The monoisotopic (exact) mass is 316 g/mol. The Kier molecular flexibility index (Phi) is 4.53.